The maximum atomic E-state index is 11.4. The normalized spacial score (nSPS) is 10.8. The van der Waals surface area contributed by atoms with Crippen molar-refractivity contribution in [1.29, 1.82) is 0 Å². The van der Waals surface area contributed by atoms with E-state index in [9.17, 15) is 4.79 Å². The molecule has 0 saturated carbocycles. The minimum atomic E-state index is -0.474. The van der Waals surface area contributed by atoms with Crippen LogP contribution in [0.4, 0.5) is 5.82 Å². The van der Waals surface area contributed by atoms with Crippen LogP contribution in [-0.4, -0.2) is 27.7 Å². The second kappa shape index (κ2) is 5.73. The summed E-state index contributed by atoms with van der Waals surface area (Å²) in [4.78, 5) is 17.5. The Labute approximate surface area is 118 Å². The summed E-state index contributed by atoms with van der Waals surface area (Å²) in [5, 5.41) is 4.30. The first kappa shape index (κ1) is 14.0. The number of hydrogen-bond donors (Lipinski definition) is 1. The van der Waals surface area contributed by atoms with Gasteiger partial charge in [0.05, 0.1) is 11.8 Å². The molecule has 0 fully saturated rings. The second-order valence-corrected chi connectivity index (χ2v) is 5.02. The number of aromatic nitrogens is 3. The number of hydrogen-bond acceptors (Lipinski definition) is 4. The van der Waals surface area contributed by atoms with Crippen LogP contribution < -0.4 is 10.6 Å². The summed E-state index contributed by atoms with van der Waals surface area (Å²) in [6, 6.07) is 3.71. The van der Waals surface area contributed by atoms with Gasteiger partial charge in [0.25, 0.3) is 5.91 Å². The molecule has 0 aliphatic heterocycles. The summed E-state index contributed by atoms with van der Waals surface area (Å²) in [6.45, 7) is 4.76. The highest BCUT2D eigenvalue weighted by Crippen LogP contribution is 2.17. The molecule has 0 atom stereocenters. The average molecular weight is 273 g/mol. The number of nitrogens with zero attached hydrogens (tertiary/aromatic N) is 4. The average Bonchev–Trinajstić information content (AvgIpc) is 2.87. The third-order valence-electron chi connectivity index (χ3n) is 3.02. The van der Waals surface area contributed by atoms with Gasteiger partial charge in [-0.2, -0.15) is 5.10 Å². The summed E-state index contributed by atoms with van der Waals surface area (Å²) in [6.07, 6.45) is 5.47. The Kier molecular flexibility index (Phi) is 4.02. The van der Waals surface area contributed by atoms with Crippen molar-refractivity contribution in [3.63, 3.8) is 0 Å². The number of carbonyl (C=O) groups is 1. The first-order valence-electron chi connectivity index (χ1n) is 6.48. The van der Waals surface area contributed by atoms with Crippen LogP contribution in [0, 0.1) is 0 Å². The molecule has 0 bridgehead atoms. The molecule has 1 amide bonds. The number of pyridine rings is 1. The molecule has 106 valence electrons. The van der Waals surface area contributed by atoms with Gasteiger partial charge in [-0.3, -0.25) is 9.48 Å². The van der Waals surface area contributed by atoms with Gasteiger partial charge >= 0.3 is 0 Å². The van der Waals surface area contributed by atoms with Crippen LogP contribution in [0.2, 0.25) is 0 Å². The third-order valence-corrected chi connectivity index (χ3v) is 3.02. The molecule has 6 nitrogen and oxygen atoms in total. The minimum Gasteiger partial charge on any atom is -0.365 e. The molecule has 2 aromatic rings. The van der Waals surface area contributed by atoms with Gasteiger partial charge in [-0.25, -0.2) is 4.98 Å². The van der Waals surface area contributed by atoms with Crippen molar-refractivity contribution in [2.45, 2.75) is 26.4 Å². The van der Waals surface area contributed by atoms with Crippen molar-refractivity contribution in [1.82, 2.24) is 14.8 Å². The van der Waals surface area contributed by atoms with Crippen molar-refractivity contribution < 1.29 is 4.79 Å². The molecule has 2 aromatic heterocycles. The lowest BCUT2D eigenvalue weighted by atomic mass is 10.2. The fraction of sp³-hybridized carbons (Fsp3) is 0.357. The molecule has 2 N–H and O–H groups in total. The number of primary amides is 1. The number of anilines is 1. The van der Waals surface area contributed by atoms with Crippen LogP contribution in [0.5, 0.6) is 0 Å². The first-order valence-corrected chi connectivity index (χ1v) is 6.48. The first-order chi connectivity index (χ1) is 9.49. The van der Waals surface area contributed by atoms with E-state index in [1.807, 2.05) is 29.0 Å². The Balaban J connectivity index is 2.19. The maximum Gasteiger partial charge on any atom is 0.252 e. The zero-order valence-electron chi connectivity index (χ0n) is 11.9. The Morgan fingerprint density at radius 1 is 1.50 bits per heavy atom. The van der Waals surface area contributed by atoms with Crippen LogP contribution in [0.3, 0.4) is 0 Å². The van der Waals surface area contributed by atoms with E-state index >= 15 is 0 Å². The standard InChI is InChI=1S/C14H19N5O/c1-10(2)19-9-11(7-17-19)8-18(3)14-12(13(15)20)5-4-6-16-14/h4-7,9-10H,8H2,1-3H3,(H2,15,20). The number of rotatable bonds is 5. The second-order valence-electron chi connectivity index (χ2n) is 5.02. The van der Waals surface area contributed by atoms with Crippen LogP contribution >= 0.6 is 0 Å². The highest BCUT2D eigenvalue weighted by Gasteiger charge is 2.14. The van der Waals surface area contributed by atoms with Gasteiger partial charge in [-0.1, -0.05) is 0 Å². The number of carbonyl (C=O) groups excluding carboxylic acids is 1. The van der Waals surface area contributed by atoms with E-state index in [2.05, 4.69) is 23.9 Å². The number of amides is 1. The van der Waals surface area contributed by atoms with Crippen molar-refractivity contribution in [3.8, 4) is 0 Å². The zero-order chi connectivity index (χ0) is 14.7. The Morgan fingerprint density at radius 3 is 2.85 bits per heavy atom. The Morgan fingerprint density at radius 2 is 2.25 bits per heavy atom. The van der Waals surface area contributed by atoms with Gasteiger partial charge in [0.1, 0.15) is 5.82 Å². The summed E-state index contributed by atoms with van der Waals surface area (Å²) >= 11 is 0. The van der Waals surface area contributed by atoms with Crippen LogP contribution in [-0.2, 0) is 6.54 Å². The number of nitrogens with two attached hydrogens (primary N) is 1. The highest BCUT2D eigenvalue weighted by molar-refractivity contribution is 5.97. The molecule has 2 rings (SSSR count). The fourth-order valence-electron chi connectivity index (χ4n) is 1.98. The molecule has 0 aromatic carbocycles. The molecule has 0 radical (unpaired) electrons. The predicted octanol–water partition coefficient (Wildman–Crippen LogP) is 1.59. The van der Waals surface area contributed by atoms with E-state index in [0.717, 1.165) is 5.56 Å². The van der Waals surface area contributed by atoms with Gasteiger partial charge < -0.3 is 10.6 Å². The summed E-state index contributed by atoms with van der Waals surface area (Å²) < 4.78 is 1.90. The van der Waals surface area contributed by atoms with Crippen molar-refractivity contribution in [3.05, 3.63) is 41.9 Å². The van der Waals surface area contributed by atoms with E-state index in [-0.39, 0.29) is 0 Å². The molecule has 20 heavy (non-hydrogen) atoms. The Hall–Kier alpha value is -2.37. The third kappa shape index (κ3) is 2.96. The van der Waals surface area contributed by atoms with Crippen LogP contribution in [0.1, 0.15) is 35.8 Å². The molecule has 2 heterocycles. The van der Waals surface area contributed by atoms with Crippen LogP contribution in [0.15, 0.2) is 30.7 Å². The molecular weight excluding hydrogens is 254 g/mol. The molecular formula is C14H19N5O. The van der Waals surface area contributed by atoms with Crippen molar-refractivity contribution in [2.75, 3.05) is 11.9 Å². The van der Waals surface area contributed by atoms with Gasteiger partial charge in [0.15, 0.2) is 0 Å². The summed E-state index contributed by atoms with van der Waals surface area (Å²) in [5.74, 6) is 0.107. The SMILES string of the molecule is CC(C)n1cc(CN(C)c2ncccc2C(N)=O)cn1. The topological polar surface area (TPSA) is 77.0 Å². The van der Waals surface area contributed by atoms with E-state index in [4.69, 9.17) is 5.73 Å². The van der Waals surface area contributed by atoms with Crippen molar-refractivity contribution in [2.24, 2.45) is 5.73 Å². The Bertz CT molecular complexity index is 605. The smallest absolute Gasteiger partial charge is 0.252 e. The molecule has 0 spiro atoms. The van der Waals surface area contributed by atoms with Gasteiger partial charge in [0.2, 0.25) is 0 Å². The summed E-state index contributed by atoms with van der Waals surface area (Å²) in [7, 11) is 1.88. The molecule has 0 aliphatic carbocycles. The van der Waals surface area contributed by atoms with Gasteiger partial charge in [-0.15, -0.1) is 0 Å². The minimum absolute atomic E-state index is 0.324. The van der Waals surface area contributed by atoms with E-state index in [0.29, 0.717) is 24.0 Å². The largest absolute Gasteiger partial charge is 0.365 e. The van der Waals surface area contributed by atoms with Crippen molar-refractivity contribution >= 4 is 11.7 Å². The highest BCUT2D eigenvalue weighted by atomic mass is 16.1. The lowest BCUT2D eigenvalue weighted by Gasteiger charge is -2.19. The molecule has 0 aliphatic rings. The van der Waals surface area contributed by atoms with Gasteiger partial charge in [-0.05, 0) is 26.0 Å². The maximum absolute atomic E-state index is 11.4. The fourth-order valence-corrected chi connectivity index (χ4v) is 1.98. The lowest BCUT2D eigenvalue weighted by molar-refractivity contribution is 0.100. The van der Waals surface area contributed by atoms with E-state index in [1.165, 1.54) is 0 Å². The summed E-state index contributed by atoms with van der Waals surface area (Å²) in [5.41, 5.74) is 6.85. The zero-order valence-corrected chi connectivity index (χ0v) is 11.9. The van der Waals surface area contributed by atoms with E-state index in [1.54, 1.807) is 18.3 Å². The molecule has 0 unspecified atom stereocenters. The predicted molar refractivity (Wildman–Crippen MR) is 77.5 cm³/mol. The van der Waals surface area contributed by atoms with E-state index < -0.39 is 5.91 Å². The lowest BCUT2D eigenvalue weighted by Crippen LogP contribution is -2.23. The molecule has 0 saturated heterocycles. The molecule has 6 heteroatoms. The van der Waals surface area contributed by atoms with Gasteiger partial charge in [0, 0.05) is 37.6 Å². The quantitative estimate of drug-likeness (QED) is 0.897. The van der Waals surface area contributed by atoms with Crippen LogP contribution in [0.25, 0.3) is 0 Å². The monoisotopic (exact) mass is 273 g/mol.